The smallest absolute Gasteiger partial charge is 0.416 e. The molecule has 1 aromatic carbocycles. The average molecular weight is 455 g/mol. The maximum absolute atomic E-state index is 13.0. The van der Waals surface area contributed by atoms with Crippen LogP contribution in [0.5, 0.6) is 0 Å². The van der Waals surface area contributed by atoms with Crippen LogP contribution in [0.3, 0.4) is 0 Å². The highest BCUT2D eigenvalue weighted by Crippen LogP contribution is 2.32. The maximum atomic E-state index is 13.0. The van der Waals surface area contributed by atoms with Crippen molar-refractivity contribution in [2.75, 3.05) is 7.11 Å². The van der Waals surface area contributed by atoms with Crippen molar-refractivity contribution in [3.05, 3.63) is 64.5 Å². The van der Waals surface area contributed by atoms with E-state index in [0.29, 0.717) is 12.1 Å². The van der Waals surface area contributed by atoms with E-state index in [2.05, 4.69) is 30.1 Å². The Kier molecular flexibility index (Phi) is 6.20. The molecule has 2 aromatic heterocycles. The molecular weight excluding hydrogens is 441 g/mol. The molecule has 0 spiro atoms. The van der Waals surface area contributed by atoms with E-state index in [1.54, 1.807) is 6.07 Å². The summed E-state index contributed by atoms with van der Waals surface area (Å²) in [6.07, 6.45) is -1.81. The lowest BCUT2D eigenvalue weighted by Crippen LogP contribution is -2.29. The number of ether oxygens (including phenoxy) is 1. The van der Waals surface area contributed by atoms with E-state index < -0.39 is 29.7 Å². The lowest BCUT2D eigenvalue weighted by molar-refractivity contribution is -0.137. The van der Waals surface area contributed by atoms with Crippen molar-refractivity contribution in [2.24, 2.45) is 0 Å². The van der Waals surface area contributed by atoms with Crippen molar-refractivity contribution in [3.63, 3.8) is 0 Å². The van der Waals surface area contributed by atoms with Gasteiger partial charge in [0.1, 0.15) is 0 Å². The SMILES string of the molecule is COC(=O)c1nc([C@@H](C)NC(=O)c2cc(Cl)cc(C(F)(F)F)c2)n(-c2ncccn2)n1. The van der Waals surface area contributed by atoms with Crippen LogP contribution in [0.25, 0.3) is 5.95 Å². The minimum absolute atomic E-state index is 0.0537. The van der Waals surface area contributed by atoms with Gasteiger partial charge in [0, 0.05) is 23.0 Å². The Balaban J connectivity index is 1.94. The summed E-state index contributed by atoms with van der Waals surface area (Å²) in [6.45, 7) is 1.50. The van der Waals surface area contributed by atoms with Crippen LogP contribution in [0.15, 0.2) is 36.7 Å². The molecular formula is C18H14ClF3N6O3. The van der Waals surface area contributed by atoms with E-state index >= 15 is 0 Å². The second kappa shape index (κ2) is 8.68. The fourth-order valence-electron chi connectivity index (χ4n) is 2.56. The Bertz CT molecular complexity index is 1120. The van der Waals surface area contributed by atoms with Gasteiger partial charge in [-0.3, -0.25) is 4.79 Å². The third kappa shape index (κ3) is 4.97. The lowest BCUT2D eigenvalue weighted by Gasteiger charge is -2.15. The van der Waals surface area contributed by atoms with Crippen molar-refractivity contribution >= 4 is 23.5 Å². The van der Waals surface area contributed by atoms with E-state index in [1.165, 1.54) is 19.3 Å². The van der Waals surface area contributed by atoms with Gasteiger partial charge < -0.3 is 10.1 Å². The molecule has 3 aromatic rings. The highest BCUT2D eigenvalue weighted by molar-refractivity contribution is 6.31. The van der Waals surface area contributed by atoms with Gasteiger partial charge in [-0.15, -0.1) is 5.10 Å². The molecule has 0 fully saturated rings. The Morgan fingerprint density at radius 1 is 1.19 bits per heavy atom. The topological polar surface area (TPSA) is 112 Å². The minimum atomic E-state index is -4.67. The number of methoxy groups -OCH3 is 1. The standard InChI is InChI=1S/C18H14ClF3N6O3/c1-9(25-15(29)10-6-11(18(20,21)22)8-12(19)7-10)14-26-13(16(30)31-2)27-28(14)17-23-4-3-5-24-17/h3-9H,1-2H3,(H,25,29)/t9-/m1/s1. The summed E-state index contributed by atoms with van der Waals surface area (Å²) in [7, 11) is 1.14. The Hall–Kier alpha value is -3.54. The van der Waals surface area contributed by atoms with Gasteiger partial charge in [-0.05, 0) is 31.2 Å². The zero-order chi connectivity index (χ0) is 22.8. The van der Waals surface area contributed by atoms with Gasteiger partial charge in [0.2, 0.25) is 0 Å². The first-order chi connectivity index (χ1) is 14.6. The number of benzene rings is 1. The van der Waals surface area contributed by atoms with Crippen LogP contribution in [-0.4, -0.2) is 43.7 Å². The van der Waals surface area contributed by atoms with E-state index in [1.807, 2.05) is 0 Å². The number of rotatable bonds is 5. The van der Waals surface area contributed by atoms with Gasteiger partial charge in [-0.2, -0.15) is 17.9 Å². The number of aromatic nitrogens is 5. The molecule has 0 aliphatic carbocycles. The quantitative estimate of drug-likeness (QED) is 0.590. The highest BCUT2D eigenvalue weighted by Gasteiger charge is 2.32. The summed E-state index contributed by atoms with van der Waals surface area (Å²) in [6, 6.07) is 3.15. The summed E-state index contributed by atoms with van der Waals surface area (Å²) in [5.74, 6) is -1.88. The van der Waals surface area contributed by atoms with Crippen molar-refractivity contribution in [3.8, 4) is 5.95 Å². The summed E-state index contributed by atoms with van der Waals surface area (Å²) in [5, 5.41) is 6.25. The molecule has 1 amide bonds. The van der Waals surface area contributed by atoms with Crippen molar-refractivity contribution in [2.45, 2.75) is 19.1 Å². The van der Waals surface area contributed by atoms with E-state index in [9.17, 15) is 22.8 Å². The predicted octanol–water partition coefficient (Wildman–Crippen LogP) is 3.01. The predicted molar refractivity (Wildman–Crippen MR) is 101 cm³/mol. The number of carbonyl (C=O) groups excluding carboxylic acids is 2. The van der Waals surface area contributed by atoms with Gasteiger partial charge in [-0.25, -0.2) is 19.7 Å². The molecule has 0 bridgehead atoms. The first kappa shape index (κ1) is 22.2. The normalized spacial score (nSPS) is 12.3. The fourth-order valence-corrected chi connectivity index (χ4v) is 2.79. The van der Waals surface area contributed by atoms with Crippen LogP contribution >= 0.6 is 11.6 Å². The molecule has 0 unspecified atom stereocenters. The van der Waals surface area contributed by atoms with Crippen molar-refractivity contribution in [1.29, 1.82) is 0 Å². The van der Waals surface area contributed by atoms with Crippen LogP contribution in [0.1, 0.15) is 45.3 Å². The van der Waals surface area contributed by atoms with Crippen molar-refractivity contribution < 1.29 is 27.5 Å². The zero-order valence-electron chi connectivity index (χ0n) is 16.0. The summed E-state index contributed by atoms with van der Waals surface area (Å²) in [4.78, 5) is 36.5. The molecule has 1 N–H and O–H groups in total. The molecule has 13 heteroatoms. The van der Waals surface area contributed by atoms with Gasteiger partial charge in [0.05, 0.1) is 18.7 Å². The van der Waals surface area contributed by atoms with Crippen molar-refractivity contribution in [1.82, 2.24) is 30.0 Å². The number of amides is 1. The Labute approximate surface area is 178 Å². The van der Waals surface area contributed by atoms with Gasteiger partial charge in [0.25, 0.3) is 17.7 Å². The van der Waals surface area contributed by atoms with Gasteiger partial charge in [-0.1, -0.05) is 11.6 Å². The number of nitrogens with one attached hydrogen (secondary N) is 1. The lowest BCUT2D eigenvalue weighted by atomic mass is 10.1. The fraction of sp³-hybridized carbons (Fsp3) is 0.222. The second-order valence-corrected chi connectivity index (χ2v) is 6.60. The van der Waals surface area contributed by atoms with Crippen LogP contribution in [0, 0.1) is 0 Å². The Morgan fingerprint density at radius 2 is 1.87 bits per heavy atom. The number of nitrogens with zero attached hydrogens (tertiary/aromatic N) is 5. The molecule has 0 aliphatic rings. The van der Waals surface area contributed by atoms with Gasteiger partial charge >= 0.3 is 12.1 Å². The number of carbonyl (C=O) groups is 2. The summed E-state index contributed by atoms with van der Waals surface area (Å²) < 4.78 is 44.8. The molecule has 0 saturated carbocycles. The largest absolute Gasteiger partial charge is 0.463 e. The van der Waals surface area contributed by atoms with E-state index in [0.717, 1.165) is 17.9 Å². The van der Waals surface area contributed by atoms with Crippen LogP contribution < -0.4 is 5.32 Å². The first-order valence-corrected chi connectivity index (χ1v) is 8.99. The molecule has 2 heterocycles. The van der Waals surface area contributed by atoms with Crippen LogP contribution in [0.4, 0.5) is 13.2 Å². The number of alkyl halides is 3. The molecule has 1 atom stereocenters. The third-order valence-corrected chi connectivity index (χ3v) is 4.18. The molecule has 9 nitrogen and oxygen atoms in total. The molecule has 3 rings (SSSR count). The van der Waals surface area contributed by atoms with E-state index in [4.69, 9.17) is 11.6 Å². The minimum Gasteiger partial charge on any atom is -0.463 e. The first-order valence-electron chi connectivity index (χ1n) is 8.61. The molecule has 31 heavy (non-hydrogen) atoms. The monoisotopic (exact) mass is 454 g/mol. The van der Waals surface area contributed by atoms with Crippen LogP contribution in [-0.2, 0) is 10.9 Å². The van der Waals surface area contributed by atoms with E-state index in [-0.39, 0.29) is 28.2 Å². The highest BCUT2D eigenvalue weighted by atomic mass is 35.5. The maximum Gasteiger partial charge on any atom is 0.416 e. The van der Waals surface area contributed by atoms with Crippen LogP contribution in [0.2, 0.25) is 5.02 Å². The number of esters is 1. The second-order valence-electron chi connectivity index (χ2n) is 6.17. The third-order valence-electron chi connectivity index (χ3n) is 3.96. The van der Waals surface area contributed by atoms with Gasteiger partial charge in [0.15, 0.2) is 5.82 Å². The number of hydrogen-bond acceptors (Lipinski definition) is 7. The molecule has 0 radical (unpaired) electrons. The Morgan fingerprint density at radius 3 is 2.48 bits per heavy atom. The molecule has 0 aliphatic heterocycles. The number of halogens is 4. The molecule has 0 saturated heterocycles. The summed E-state index contributed by atoms with van der Waals surface area (Å²) in [5.41, 5.74) is -1.37. The number of hydrogen-bond donors (Lipinski definition) is 1. The average Bonchev–Trinajstić information content (AvgIpc) is 3.18. The molecule has 162 valence electrons. The summed E-state index contributed by atoms with van der Waals surface area (Å²) >= 11 is 5.74. The zero-order valence-corrected chi connectivity index (χ0v) is 16.8.